The monoisotopic (exact) mass is 447 g/mol. The molecule has 2 heterocycles. The first-order valence-corrected chi connectivity index (χ1v) is 11.8. The van der Waals surface area contributed by atoms with Crippen LogP contribution in [0, 0.1) is 5.92 Å². The van der Waals surface area contributed by atoms with E-state index in [0.717, 1.165) is 30.5 Å². The van der Waals surface area contributed by atoms with E-state index in [1.54, 1.807) is 9.58 Å². The van der Waals surface area contributed by atoms with E-state index in [1.807, 2.05) is 11.9 Å². The Morgan fingerprint density at radius 2 is 1.97 bits per heavy atom. The van der Waals surface area contributed by atoms with Gasteiger partial charge in [0.1, 0.15) is 6.61 Å². The summed E-state index contributed by atoms with van der Waals surface area (Å²) in [4.78, 5) is 41.8. The lowest BCUT2D eigenvalue weighted by Gasteiger charge is -2.35. The number of amides is 3. The Bertz CT molecular complexity index is 835. The van der Waals surface area contributed by atoms with Crippen molar-refractivity contribution in [1.29, 1.82) is 0 Å². The predicted octanol–water partition coefficient (Wildman–Crippen LogP) is 0.887. The molecule has 1 aliphatic heterocycles. The lowest BCUT2D eigenvalue weighted by Crippen LogP contribution is -2.45. The number of aliphatic hydroxyl groups excluding tert-OH is 1. The van der Waals surface area contributed by atoms with Gasteiger partial charge in [0.05, 0.1) is 0 Å². The highest BCUT2D eigenvalue weighted by atomic mass is 16.3. The summed E-state index contributed by atoms with van der Waals surface area (Å²) in [6, 6.07) is 0.0461. The molecule has 0 fully saturated rings. The summed E-state index contributed by atoms with van der Waals surface area (Å²) in [6.07, 6.45) is 4.71. The van der Waals surface area contributed by atoms with Crippen molar-refractivity contribution in [1.82, 2.24) is 24.9 Å². The molecule has 1 aromatic rings. The number of hydrogen-bond donors (Lipinski definition) is 2. The van der Waals surface area contributed by atoms with Gasteiger partial charge < -0.3 is 20.2 Å². The van der Waals surface area contributed by atoms with Crippen LogP contribution >= 0.6 is 0 Å². The first kappa shape index (κ1) is 24.2. The van der Waals surface area contributed by atoms with Crippen LogP contribution in [0.1, 0.15) is 67.7 Å². The second kappa shape index (κ2) is 10.9. The van der Waals surface area contributed by atoms with Crippen LogP contribution in [0.4, 0.5) is 0 Å². The molecule has 1 aromatic heterocycles. The van der Waals surface area contributed by atoms with Crippen LogP contribution in [0.5, 0.6) is 0 Å². The van der Waals surface area contributed by atoms with Gasteiger partial charge >= 0.3 is 0 Å². The maximum atomic E-state index is 13.3. The van der Waals surface area contributed by atoms with E-state index in [1.165, 1.54) is 0 Å². The van der Waals surface area contributed by atoms with Gasteiger partial charge in [0, 0.05) is 56.9 Å². The minimum atomic E-state index is -0.553. The molecule has 3 amide bonds. The van der Waals surface area contributed by atoms with Crippen molar-refractivity contribution in [2.45, 2.75) is 64.8 Å². The topological polar surface area (TPSA) is 108 Å². The summed E-state index contributed by atoms with van der Waals surface area (Å²) < 4.78 is 1.80. The Kier molecular flexibility index (Phi) is 8.28. The minimum Gasteiger partial charge on any atom is -0.387 e. The molecule has 1 atom stereocenters. The van der Waals surface area contributed by atoms with Crippen LogP contribution in [0.15, 0.2) is 0 Å². The molecule has 0 radical (unpaired) electrons. The van der Waals surface area contributed by atoms with Crippen molar-refractivity contribution in [3.05, 3.63) is 17.0 Å². The molecule has 0 aromatic carbocycles. The molecule has 9 nitrogen and oxygen atoms in total. The molecule has 0 saturated heterocycles. The summed E-state index contributed by atoms with van der Waals surface area (Å²) in [5, 5.41) is 16.7. The number of carbonyl (C=O) groups excluding carboxylic acids is 3. The first-order valence-electron chi connectivity index (χ1n) is 11.8. The first-order chi connectivity index (χ1) is 15.3. The standard InChI is InChI=1S/C23H37N5O4/c1-16(2)9-13-28-17-7-8-19-18(14-17)22(25-26(19)3)23(32)24-10-5-12-27(21(31)15-29)11-4-6-20(28)30/h16-17,29H,4-15H2,1-3H3,(H,24,32). The van der Waals surface area contributed by atoms with Gasteiger partial charge in [-0.05, 0) is 44.4 Å². The molecule has 3 rings (SSSR count). The van der Waals surface area contributed by atoms with Crippen molar-refractivity contribution in [2.75, 3.05) is 32.8 Å². The van der Waals surface area contributed by atoms with Gasteiger partial charge in [0.15, 0.2) is 5.69 Å². The SMILES string of the molecule is CC(C)CCN1C(=O)CCCN(C(=O)CO)CCCNC(=O)c2nn(C)c3c2CC1CC3. The fraction of sp³-hybridized carbons (Fsp3) is 0.739. The minimum absolute atomic E-state index is 0.0461. The quantitative estimate of drug-likeness (QED) is 0.713. The number of nitrogens with one attached hydrogen (secondary N) is 1. The second-order valence-electron chi connectivity index (χ2n) is 9.32. The van der Waals surface area contributed by atoms with E-state index < -0.39 is 6.61 Å². The molecule has 32 heavy (non-hydrogen) atoms. The molecule has 178 valence electrons. The van der Waals surface area contributed by atoms with Gasteiger partial charge in [-0.15, -0.1) is 0 Å². The molecule has 2 aliphatic rings. The number of hydrogen-bond acceptors (Lipinski definition) is 5. The van der Waals surface area contributed by atoms with Crippen molar-refractivity contribution in [2.24, 2.45) is 13.0 Å². The largest absolute Gasteiger partial charge is 0.387 e. The molecule has 0 spiro atoms. The third-order valence-corrected chi connectivity index (χ3v) is 6.55. The third-order valence-electron chi connectivity index (χ3n) is 6.55. The Morgan fingerprint density at radius 3 is 2.69 bits per heavy atom. The highest BCUT2D eigenvalue weighted by molar-refractivity contribution is 5.94. The number of rotatable bonds is 4. The Labute approximate surface area is 190 Å². The van der Waals surface area contributed by atoms with Crippen LogP contribution in [0.25, 0.3) is 0 Å². The van der Waals surface area contributed by atoms with Crippen LogP contribution in [-0.4, -0.2) is 81.2 Å². The summed E-state index contributed by atoms with van der Waals surface area (Å²) in [5.74, 6) is 0.0193. The zero-order chi connectivity index (χ0) is 23.3. The van der Waals surface area contributed by atoms with Gasteiger partial charge in [0.2, 0.25) is 11.8 Å². The second-order valence-corrected chi connectivity index (χ2v) is 9.32. The number of aromatic nitrogens is 2. The van der Waals surface area contributed by atoms with E-state index >= 15 is 0 Å². The number of aryl methyl sites for hydroxylation is 1. The van der Waals surface area contributed by atoms with Crippen molar-refractivity contribution >= 4 is 17.7 Å². The highest BCUT2D eigenvalue weighted by Crippen LogP contribution is 2.28. The average molecular weight is 448 g/mol. The molecule has 1 unspecified atom stereocenters. The Balaban J connectivity index is 1.88. The zero-order valence-corrected chi connectivity index (χ0v) is 19.6. The van der Waals surface area contributed by atoms with Crippen LogP contribution in [0.3, 0.4) is 0 Å². The lowest BCUT2D eigenvalue weighted by molar-refractivity contribution is -0.136. The molecule has 0 saturated carbocycles. The highest BCUT2D eigenvalue weighted by Gasteiger charge is 2.33. The van der Waals surface area contributed by atoms with Gasteiger partial charge in [-0.3, -0.25) is 19.1 Å². The molecular formula is C23H37N5O4. The fourth-order valence-corrected chi connectivity index (χ4v) is 4.71. The maximum Gasteiger partial charge on any atom is 0.272 e. The predicted molar refractivity (Wildman–Crippen MR) is 120 cm³/mol. The summed E-state index contributed by atoms with van der Waals surface area (Å²) in [7, 11) is 1.87. The molecular weight excluding hydrogens is 410 g/mol. The molecule has 2 N–H and O–H groups in total. The van der Waals surface area contributed by atoms with Crippen LogP contribution in [-0.2, 0) is 29.5 Å². The zero-order valence-electron chi connectivity index (χ0n) is 19.6. The van der Waals surface area contributed by atoms with E-state index in [4.69, 9.17) is 0 Å². The number of fused-ring (bicyclic) bond motifs is 1. The smallest absolute Gasteiger partial charge is 0.272 e. The van der Waals surface area contributed by atoms with Gasteiger partial charge in [0.25, 0.3) is 5.91 Å². The maximum absolute atomic E-state index is 13.3. The summed E-state index contributed by atoms with van der Waals surface area (Å²) in [5.41, 5.74) is 2.48. The van der Waals surface area contributed by atoms with E-state index in [0.29, 0.717) is 63.5 Å². The van der Waals surface area contributed by atoms with Crippen LogP contribution in [0.2, 0.25) is 0 Å². The average Bonchev–Trinajstić information content (AvgIpc) is 3.10. The fourth-order valence-electron chi connectivity index (χ4n) is 4.71. The van der Waals surface area contributed by atoms with Crippen molar-refractivity contribution in [3.8, 4) is 0 Å². The van der Waals surface area contributed by atoms with E-state index in [-0.39, 0.29) is 23.8 Å². The van der Waals surface area contributed by atoms with Crippen molar-refractivity contribution < 1.29 is 19.5 Å². The number of nitrogens with zero attached hydrogens (tertiary/aromatic N) is 4. The van der Waals surface area contributed by atoms with Crippen LogP contribution < -0.4 is 5.32 Å². The van der Waals surface area contributed by atoms with E-state index in [9.17, 15) is 19.5 Å². The van der Waals surface area contributed by atoms with Gasteiger partial charge in [-0.2, -0.15) is 5.10 Å². The van der Waals surface area contributed by atoms with Gasteiger partial charge in [-0.25, -0.2) is 0 Å². The molecule has 1 aliphatic carbocycles. The number of aliphatic hydroxyl groups is 1. The number of carbonyl (C=O) groups is 3. The van der Waals surface area contributed by atoms with E-state index in [2.05, 4.69) is 24.3 Å². The van der Waals surface area contributed by atoms with Gasteiger partial charge in [-0.1, -0.05) is 13.8 Å². The normalized spacial score (nSPS) is 20.7. The Hall–Kier alpha value is -2.42. The third kappa shape index (κ3) is 5.68. The summed E-state index contributed by atoms with van der Waals surface area (Å²) >= 11 is 0. The Morgan fingerprint density at radius 1 is 1.22 bits per heavy atom. The lowest BCUT2D eigenvalue weighted by atomic mass is 9.89. The van der Waals surface area contributed by atoms with Crippen molar-refractivity contribution in [3.63, 3.8) is 0 Å². The molecule has 2 bridgehead atoms. The summed E-state index contributed by atoms with van der Waals surface area (Å²) in [6.45, 7) is 5.71. The molecule has 9 heteroatoms.